The molecule has 2 aromatic heterocycles. The smallest absolute Gasteiger partial charge is 0.131 e. The van der Waals surface area contributed by atoms with E-state index < -0.39 is 0 Å². The second-order valence-electron chi connectivity index (χ2n) is 6.66. The van der Waals surface area contributed by atoms with Crippen molar-refractivity contribution < 1.29 is 5.11 Å². The molecule has 0 bridgehead atoms. The van der Waals surface area contributed by atoms with Crippen LogP contribution in [0, 0.1) is 5.92 Å². The molecule has 5 nitrogen and oxygen atoms in total. The maximum Gasteiger partial charge on any atom is 0.131 e. The standard InChI is InChI=1S/C20H24N4O/c1-4-17-18(15-9-23-24(12-15)11-13(2)3)10-22-20(21)19(17)14-5-7-16(25)8-6-14/h5-10,12-13,25H,4,11H2,1-3H3,(H2,21,22). The molecule has 0 atom stereocenters. The van der Waals surface area contributed by atoms with Gasteiger partial charge in [0.1, 0.15) is 11.6 Å². The largest absolute Gasteiger partial charge is 0.508 e. The van der Waals surface area contributed by atoms with E-state index in [1.54, 1.807) is 12.1 Å². The first-order valence-electron chi connectivity index (χ1n) is 8.59. The van der Waals surface area contributed by atoms with Crippen LogP contribution in [0.4, 0.5) is 5.82 Å². The summed E-state index contributed by atoms with van der Waals surface area (Å²) in [4.78, 5) is 4.41. The fourth-order valence-corrected chi connectivity index (χ4v) is 3.11. The predicted octanol–water partition coefficient (Wildman–Crippen LogP) is 4.12. The van der Waals surface area contributed by atoms with E-state index in [4.69, 9.17) is 5.73 Å². The minimum absolute atomic E-state index is 0.236. The summed E-state index contributed by atoms with van der Waals surface area (Å²) in [6, 6.07) is 7.07. The van der Waals surface area contributed by atoms with Crippen LogP contribution in [-0.4, -0.2) is 19.9 Å². The number of nitrogens with zero attached hydrogens (tertiary/aromatic N) is 3. The summed E-state index contributed by atoms with van der Waals surface area (Å²) in [6.45, 7) is 7.34. The lowest BCUT2D eigenvalue weighted by Crippen LogP contribution is -2.04. The Balaban J connectivity index is 2.11. The molecule has 2 heterocycles. The summed E-state index contributed by atoms with van der Waals surface area (Å²) >= 11 is 0. The predicted molar refractivity (Wildman–Crippen MR) is 101 cm³/mol. The van der Waals surface area contributed by atoms with Crippen LogP contribution in [0.3, 0.4) is 0 Å². The molecule has 0 spiro atoms. The van der Waals surface area contributed by atoms with E-state index in [1.807, 2.05) is 29.2 Å². The minimum Gasteiger partial charge on any atom is -0.508 e. The molecule has 3 aromatic rings. The van der Waals surface area contributed by atoms with Crippen molar-refractivity contribution in [2.75, 3.05) is 5.73 Å². The zero-order chi connectivity index (χ0) is 18.0. The van der Waals surface area contributed by atoms with Gasteiger partial charge in [-0.25, -0.2) is 4.98 Å². The molecule has 0 aliphatic carbocycles. The number of nitrogen functional groups attached to an aromatic ring is 1. The summed E-state index contributed by atoms with van der Waals surface area (Å²) < 4.78 is 1.97. The van der Waals surface area contributed by atoms with Gasteiger partial charge in [-0.2, -0.15) is 5.10 Å². The maximum absolute atomic E-state index is 9.55. The number of aromatic nitrogens is 3. The molecule has 0 aliphatic rings. The Morgan fingerprint density at radius 2 is 1.84 bits per heavy atom. The average Bonchev–Trinajstić information content (AvgIpc) is 3.03. The van der Waals surface area contributed by atoms with Gasteiger partial charge < -0.3 is 10.8 Å². The molecule has 0 aliphatic heterocycles. The molecule has 0 amide bonds. The fraction of sp³-hybridized carbons (Fsp3) is 0.300. The van der Waals surface area contributed by atoms with Crippen LogP contribution in [0.25, 0.3) is 22.3 Å². The van der Waals surface area contributed by atoms with Gasteiger partial charge in [-0.15, -0.1) is 0 Å². The Bertz CT molecular complexity index is 866. The molecule has 0 radical (unpaired) electrons. The zero-order valence-corrected chi connectivity index (χ0v) is 14.9. The topological polar surface area (TPSA) is 77.0 Å². The van der Waals surface area contributed by atoms with Crippen molar-refractivity contribution in [1.29, 1.82) is 0 Å². The molecular weight excluding hydrogens is 312 g/mol. The lowest BCUT2D eigenvalue weighted by Gasteiger charge is -2.15. The summed E-state index contributed by atoms with van der Waals surface area (Å²) in [7, 11) is 0. The van der Waals surface area contributed by atoms with Crippen molar-refractivity contribution in [2.45, 2.75) is 33.7 Å². The second kappa shape index (κ2) is 6.97. The van der Waals surface area contributed by atoms with E-state index in [0.717, 1.165) is 40.8 Å². The first-order valence-corrected chi connectivity index (χ1v) is 8.59. The highest BCUT2D eigenvalue weighted by Crippen LogP contribution is 2.36. The highest BCUT2D eigenvalue weighted by atomic mass is 16.3. The lowest BCUT2D eigenvalue weighted by molar-refractivity contribution is 0.475. The van der Waals surface area contributed by atoms with Gasteiger partial charge in [0.05, 0.1) is 6.20 Å². The number of nitrogens with two attached hydrogens (primary N) is 1. The van der Waals surface area contributed by atoms with E-state index in [0.29, 0.717) is 11.7 Å². The molecular formula is C20H24N4O. The van der Waals surface area contributed by atoms with Crippen molar-refractivity contribution in [3.8, 4) is 28.0 Å². The van der Waals surface area contributed by atoms with Gasteiger partial charge in [-0.3, -0.25) is 4.68 Å². The molecule has 5 heteroatoms. The Kier molecular flexibility index (Phi) is 4.74. The fourth-order valence-electron chi connectivity index (χ4n) is 3.11. The molecule has 0 fully saturated rings. The number of phenolic OH excluding ortho intramolecular Hbond substituents is 1. The van der Waals surface area contributed by atoms with Gasteiger partial charge in [0, 0.05) is 35.6 Å². The highest BCUT2D eigenvalue weighted by molar-refractivity contribution is 5.84. The first kappa shape index (κ1) is 17.0. The highest BCUT2D eigenvalue weighted by Gasteiger charge is 2.16. The third kappa shape index (κ3) is 3.50. The number of phenols is 1. The van der Waals surface area contributed by atoms with Crippen molar-refractivity contribution in [2.24, 2.45) is 5.92 Å². The summed E-state index contributed by atoms with van der Waals surface area (Å²) in [6.07, 6.45) is 6.60. The molecule has 25 heavy (non-hydrogen) atoms. The monoisotopic (exact) mass is 336 g/mol. The maximum atomic E-state index is 9.55. The van der Waals surface area contributed by atoms with Crippen LogP contribution >= 0.6 is 0 Å². The Labute approximate surface area is 148 Å². The van der Waals surface area contributed by atoms with Gasteiger partial charge in [0.15, 0.2) is 0 Å². The Morgan fingerprint density at radius 1 is 1.12 bits per heavy atom. The van der Waals surface area contributed by atoms with Crippen LogP contribution in [0.1, 0.15) is 26.3 Å². The van der Waals surface area contributed by atoms with E-state index in [-0.39, 0.29) is 5.75 Å². The summed E-state index contributed by atoms with van der Waals surface area (Å²) in [5.41, 5.74) is 11.3. The van der Waals surface area contributed by atoms with Crippen molar-refractivity contribution in [1.82, 2.24) is 14.8 Å². The third-order valence-electron chi connectivity index (χ3n) is 4.22. The number of benzene rings is 1. The number of hydrogen-bond acceptors (Lipinski definition) is 4. The molecule has 1 aromatic carbocycles. The second-order valence-corrected chi connectivity index (χ2v) is 6.66. The third-order valence-corrected chi connectivity index (χ3v) is 4.22. The Morgan fingerprint density at radius 3 is 2.48 bits per heavy atom. The lowest BCUT2D eigenvalue weighted by atomic mass is 9.93. The van der Waals surface area contributed by atoms with Crippen LogP contribution in [0.5, 0.6) is 5.75 Å². The van der Waals surface area contributed by atoms with E-state index in [9.17, 15) is 5.11 Å². The number of pyridine rings is 1. The molecule has 0 saturated carbocycles. The average molecular weight is 336 g/mol. The Hall–Kier alpha value is -2.82. The van der Waals surface area contributed by atoms with Gasteiger partial charge in [-0.05, 0) is 35.6 Å². The van der Waals surface area contributed by atoms with E-state index in [1.165, 1.54) is 0 Å². The van der Waals surface area contributed by atoms with Gasteiger partial charge in [0.25, 0.3) is 0 Å². The SMILES string of the molecule is CCc1c(-c2cnn(CC(C)C)c2)cnc(N)c1-c1ccc(O)cc1. The molecule has 3 N–H and O–H groups in total. The number of rotatable bonds is 5. The minimum atomic E-state index is 0.236. The van der Waals surface area contributed by atoms with Crippen LogP contribution in [0.15, 0.2) is 42.9 Å². The van der Waals surface area contributed by atoms with Crippen LogP contribution in [-0.2, 0) is 13.0 Å². The molecule has 3 rings (SSSR count). The van der Waals surface area contributed by atoms with Gasteiger partial charge in [0.2, 0.25) is 0 Å². The zero-order valence-electron chi connectivity index (χ0n) is 14.9. The van der Waals surface area contributed by atoms with Crippen molar-refractivity contribution >= 4 is 5.82 Å². The van der Waals surface area contributed by atoms with Gasteiger partial charge >= 0.3 is 0 Å². The van der Waals surface area contributed by atoms with Crippen LogP contribution in [0.2, 0.25) is 0 Å². The number of hydrogen-bond donors (Lipinski definition) is 2. The van der Waals surface area contributed by atoms with Crippen LogP contribution < -0.4 is 5.73 Å². The van der Waals surface area contributed by atoms with Crippen molar-refractivity contribution in [3.63, 3.8) is 0 Å². The first-order chi connectivity index (χ1) is 12.0. The van der Waals surface area contributed by atoms with E-state index >= 15 is 0 Å². The molecule has 0 saturated heterocycles. The summed E-state index contributed by atoms with van der Waals surface area (Å²) in [5.74, 6) is 1.27. The quantitative estimate of drug-likeness (QED) is 0.735. The summed E-state index contributed by atoms with van der Waals surface area (Å²) in [5, 5.41) is 14.0. The van der Waals surface area contributed by atoms with Gasteiger partial charge in [-0.1, -0.05) is 32.9 Å². The molecule has 0 unspecified atom stereocenters. The number of aromatic hydroxyl groups is 1. The van der Waals surface area contributed by atoms with E-state index in [2.05, 4.69) is 37.1 Å². The molecule has 130 valence electrons. The normalized spacial score (nSPS) is 11.2. The van der Waals surface area contributed by atoms with Crippen molar-refractivity contribution in [3.05, 3.63) is 48.4 Å². The number of anilines is 1.